The molecule has 0 radical (unpaired) electrons. The van der Waals surface area contributed by atoms with E-state index in [-0.39, 0.29) is 5.91 Å². The van der Waals surface area contributed by atoms with Crippen LogP contribution in [0, 0.1) is 13.8 Å². The molecule has 150 valence electrons. The van der Waals surface area contributed by atoms with E-state index in [1.54, 1.807) is 10.9 Å². The van der Waals surface area contributed by atoms with E-state index in [0.29, 0.717) is 23.0 Å². The van der Waals surface area contributed by atoms with Gasteiger partial charge in [-0.2, -0.15) is 10.2 Å². The van der Waals surface area contributed by atoms with Crippen LogP contribution in [-0.4, -0.2) is 30.9 Å². The van der Waals surface area contributed by atoms with Gasteiger partial charge < -0.3 is 5.32 Å². The van der Waals surface area contributed by atoms with Crippen LogP contribution in [0.4, 0.5) is 5.69 Å². The molecule has 1 aliphatic carbocycles. The van der Waals surface area contributed by atoms with Crippen LogP contribution in [0.3, 0.4) is 0 Å². The van der Waals surface area contributed by atoms with E-state index < -0.39 is 0 Å². The fourth-order valence-corrected chi connectivity index (χ4v) is 3.55. The third-order valence-electron chi connectivity index (χ3n) is 5.44. The van der Waals surface area contributed by atoms with Gasteiger partial charge in [-0.05, 0) is 50.5 Å². The number of amides is 1. The van der Waals surface area contributed by atoms with Crippen molar-refractivity contribution >= 4 is 11.6 Å². The summed E-state index contributed by atoms with van der Waals surface area (Å²) in [6.07, 6.45) is 3.94. The maximum Gasteiger partial charge on any atom is 0.259 e. The summed E-state index contributed by atoms with van der Waals surface area (Å²) in [7, 11) is 0. The predicted molar refractivity (Wildman–Crippen MR) is 115 cm³/mol. The number of anilines is 1. The van der Waals surface area contributed by atoms with Gasteiger partial charge in [0, 0.05) is 17.2 Å². The number of nitrogens with one attached hydrogen (secondary N) is 2. The second-order valence-corrected chi connectivity index (χ2v) is 7.70. The zero-order valence-electron chi connectivity index (χ0n) is 16.9. The number of benzene rings is 2. The Morgan fingerprint density at radius 2 is 1.97 bits per heavy atom. The minimum atomic E-state index is -0.196. The van der Waals surface area contributed by atoms with E-state index >= 15 is 0 Å². The molecule has 0 atom stereocenters. The Bertz CT molecular complexity index is 1230. The molecule has 0 aliphatic heterocycles. The second kappa shape index (κ2) is 7.26. The first-order valence-electron chi connectivity index (χ1n) is 10.0. The van der Waals surface area contributed by atoms with E-state index in [1.807, 2.05) is 62.4 Å². The third kappa shape index (κ3) is 3.39. The molecule has 2 heterocycles. The zero-order valence-corrected chi connectivity index (χ0v) is 16.9. The molecule has 1 aliphatic rings. The maximum absolute atomic E-state index is 12.9. The van der Waals surface area contributed by atoms with Gasteiger partial charge in [0.1, 0.15) is 5.82 Å². The second-order valence-electron chi connectivity index (χ2n) is 7.70. The van der Waals surface area contributed by atoms with Crippen molar-refractivity contribution in [2.24, 2.45) is 0 Å². The van der Waals surface area contributed by atoms with Crippen molar-refractivity contribution < 1.29 is 4.79 Å². The van der Waals surface area contributed by atoms with Gasteiger partial charge in [-0.25, -0.2) is 9.67 Å². The molecule has 2 aromatic heterocycles. The van der Waals surface area contributed by atoms with Crippen molar-refractivity contribution in [1.82, 2.24) is 25.0 Å². The molecule has 7 heteroatoms. The summed E-state index contributed by atoms with van der Waals surface area (Å²) in [6.45, 7) is 3.93. The van der Waals surface area contributed by atoms with Crippen LogP contribution < -0.4 is 5.32 Å². The van der Waals surface area contributed by atoms with Crippen molar-refractivity contribution in [1.29, 1.82) is 0 Å². The Labute approximate surface area is 174 Å². The number of aromatic nitrogens is 5. The Morgan fingerprint density at radius 3 is 2.77 bits per heavy atom. The molecular weight excluding hydrogens is 376 g/mol. The number of hydrogen-bond donors (Lipinski definition) is 2. The van der Waals surface area contributed by atoms with Gasteiger partial charge in [0.05, 0.1) is 23.1 Å². The van der Waals surface area contributed by atoms with E-state index in [0.717, 1.165) is 28.3 Å². The van der Waals surface area contributed by atoms with Crippen LogP contribution in [0.15, 0.2) is 54.7 Å². The molecule has 4 aromatic rings. The molecule has 0 saturated heterocycles. The molecule has 2 aromatic carbocycles. The number of aromatic amines is 1. The van der Waals surface area contributed by atoms with Crippen molar-refractivity contribution in [2.45, 2.75) is 32.6 Å². The lowest BCUT2D eigenvalue weighted by Gasteiger charge is -2.09. The number of hydrogen-bond acceptors (Lipinski definition) is 4. The van der Waals surface area contributed by atoms with Gasteiger partial charge in [0.2, 0.25) is 0 Å². The first kappa shape index (κ1) is 18.3. The Kier molecular flexibility index (Phi) is 4.43. The highest BCUT2D eigenvalue weighted by atomic mass is 16.1. The molecule has 1 saturated carbocycles. The van der Waals surface area contributed by atoms with Crippen molar-refractivity contribution in [2.75, 3.05) is 5.32 Å². The molecule has 2 N–H and O–H groups in total. The standard InChI is InChI=1S/C23H22N6O/c1-14-6-3-4-9-20(14)29-15(2)19(13-24-29)23(30)25-18-8-5-7-17(12-18)22-26-21(27-28-22)16-10-11-16/h3-9,12-13,16H,10-11H2,1-2H3,(H,25,30)(H,26,27,28). The van der Waals surface area contributed by atoms with Crippen LogP contribution in [0.5, 0.6) is 0 Å². The number of carbonyl (C=O) groups excluding carboxylic acids is 1. The van der Waals surface area contributed by atoms with E-state index in [9.17, 15) is 4.79 Å². The summed E-state index contributed by atoms with van der Waals surface area (Å²) in [6, 6.07) is 15.5. The number of rotatable bonds is 5. The number of nitrogens with zero attached hydrogens (tertiary/aromatic N) is 4. The van der Waals surface area contributed by atoms with Gasteiger partial charge >= 0.3 is 0 Å². The average Bonchev–Trinajstić information content (AvgIpc) is 3.35. The summed E-state index contributed by atoms with van der Waals surface area (Å²) in [5.41, 5.74) is 4.95. The quantitative estimate of drug-likeness (QED) is 0.521. The molecule has 0 spiro atoms. The van der Waals surface area contributed by atoms with Crippen LogP contribution in [0.2, 0.25) is 0 Å². The Morgan fingerprint density at radius 1 is 1.13 bits per heavy atom. The minimum Gasteiger partial charge on any atom is -0.322 e. The number of aryl methyl sites for hydroxylation is 1. The Hall–Kier alpha value is -3.74. The van der Waals surface area contributed by atoms with Crippen molar-refractivity contribution in [3.05, 3.63) is 77.4 Å². The zero-order chi connectivity index (χ0) is 20.7. The highest BCUT2D eigenvalue weighted by molar-refractivity contribution is 6.05. The lowest BCUT2D eigenvalue weighted by molar-refractivity contribution is 0.102. The maximum atomic E-state index is 12.9. The summed E-state index contributed by atoms with van der Waals surface area (Å²) >= 11 is 0. The van der Waals surface area contributed by atoms with Crippen LogP contribution >= 0.6 is 0 Å². The smallest absolute Gasteiger partial charge is 0.259 e. The van der Waals surface area contributed by atoms with Gasteiger partial charge in [0.15, 0.2) is 5.82 Å². The first-order chi connectivity index (χ1) is 14.6. The van der Waals surface area contributed by atoms with Gasteiger partial charge in [-0.15, -0.1) is 0 Å². The highest BCUT2D eigenvalue weighted by Crippen LogP contribution is 2.38. The van der Waals surface area contributed by atoms with Gasteiger partial charge in [-0.3, -0.25) is 9.89 Å². The highest BCUT2D eigenvalue weighted by Gasteiger charge is 2.27. The SMILES string of the molecule is Cc1ccccc1-n1ncc(C(=O)Nc2cccc(-c3n[nH]c(C4CC4)n3)c2)c1C. The molecular formula is C23H22N6O. The number of para-hydroxylation sites is 1. The van der Waals surface area contributed by atoms with Gasteiger partial charge in [0.25, 0.3) is 5.91 Å². The van der Waals surface area contributed by atoms with Crippen molar-refractivity contribution in [3.63, 3.8) is 0 Å². The molecule has 0 bridgehead atoms. The van der Waals surface area contributed by atoms with Crippen LogP contribution in [0.1, 0.15) is 46.2 Å². The number of carbonyl (C=O) groups is 1. The molecule has 1 fully saturated rings. The lowest BCUT2D eigenvalue weighted by Crippen LogP contribution is -2.13. The van der Waals surface area contributed by atoms with E-state index in [4.69, 9.17) is 0 Å². The largest absolute Gasteiger partial charge is 0.322 e. The average molecular weight is 398 g/mol. The summed E-state index contributed by atoms with van der Waals surface area (Å²) in [4.78, 5) is 17.5. The fourth-order valence-electron chi connectivity index (χ4n) is 3.55. The van der Waals surface area contributed by atoms with Gasteiger partial charge in [-0.1, -0.05) is 30.3 Å². The third-order valence-corrected chi connectivity index (χ3v) is 5.44. The van der Waals surface area contributed by atoms with Crippen molar-refractivity contribution in [3.8, 4) is 17.1 Å². The topological polar surface area (TPSA) is 88.5 Å². The fraction of sp³-hybridized carbons (Fsp3) is 0.217. The van der Waals surface area contributed by atoms with E-state index in [1.165, 1.54) is 12.8 Å². The summed E-state index contributed by atoms with van der Waals surface area (Å²) < 4.78 is 1.80. The monoisotopic (exact) mass is 398 g/mol. The molecule has 7 nitrogen and oxygen atoms in total. The summed E-state index contributed by atoms with van der Waals surface area (Å²) in [5, 5.41) is 14.8. The molecule has 5 rings (SSSR count). The van der Waals surface area contributed by atoms with Crippen LogP contribution in [0.25, 0.3) is 17.1 Å². The molecule has 1 amide bonds. The molecule has 30 heavy (non-hydrogen) atoms. The predicted octanol–water partition coefficient (Wildman–Crippen LogP) is 4.40. The van der Waals surface area contributed by atoms with E-state index in [2.05, 4.69) is 25.6 Å². The normalized spacial score (nSPS) is 13.4. The number of H-pyrrole nitrogens is 1. The Balaban J connectivity index is 1.37. The van der Waals surface area contributed by atoms with Crippen LogP contribution in [-0.2, 0) is 0 Å². The first-order valence-corrected chi connectivity index (χ1v) is 10.0. The molecule has 0 unspecified atom stereocenters. The summed E-state index contributed by atoms with van der Waals surface area (Å²) in [5.74, 6) is 1.91. The minimum absolute atomic E-state index is 0.196. The lowest BCUT2D eigenvalue weighted by atomic mass is 10.1.